The molecule has 5 nitrogen and oxygen atoms in total. The van der Waals surface area contributed by atoms with Gasteiger partial charge in [-0.15, -0.1) is 0 Å². The maximum Gasteiger partial charge on any atom is 0.453 e. The van der Waals surface area contributed by atoms with Crippen molar-refractivity contribution in [1.29, 1.82) is 0 Å². The second-order valence-electron chi connectivity index (χ2n) is 8.79. The summed E-state index contributed by atoms with van der Waals surface area (Å²) in [5.41, 5.74) is -0.309. The van der Waals surface area contributed by atoms with Crippen LogP contribution in [0.15, 0.2) is 45.6 Å². The maximum absolute atomic E-state index is 13.8. The van der Waals surface area contributed by atoms with Crippen LogP contribution in [0.2, 0.25) is 0 Å². The molecule has 0 saturated carbocycles. The van der Waals surface area contributed by atoms with Crippen LogP contribution in [0.1, 0.15) is 37.7 Å². The lowest BCUT2D eigenvalue weighted by atomic mass is 9.87. The van der Waals surface area contributed by atoms with Gasteiger partial charge in [0.05, 0.1) is 25.0 Å². The fourth-order valence-corrected chi connectivity index (χ4v) is 3.23. The highest BCUT2D eigenvalue weighted by atomic mass is 19.4. The van der Waals surface area contributed by atoms with Gasteiger partial charge in [0.15, 0.2) is 5.58 Å². The molecule has 0 saturated heterocycles. The molecule has 3 rings (SSSR count). The number of alkyl halides is 3. The Balaban J connectivity index is 2.20. The number of halogens is 3. The average Bonchev–Trinajstić information content (AvgIpc) is 2.64. The molecule has 3 aromatic rings. The lowest BCUT2D eigenvalue weighted by Crippen LogP contribution is -3.04. The van der Waals surface area contributed by atoms with Gasteiger partial charge in [0.2, 0.25) is 11.2 Å². The smallest absolute Gasteiger partial charge is 0.453 e. The fourth-order valence-electron chi connectivity index (χ4n) is 3.23. The molecule has 0 amide bonds. The van der Waals surface area contributed by atoms with Gasteiger partial charge in [0.25, 0.3) is 5.76 Å². The molecular weight excluding hydrogens is 411 g/mol. The van der Waals surface area contributed by atoms with Gasteiger partial charge in [-0.05, 0) is 35.2 Å². The number of fused-ring (bicyclic) bond motifs is 1. The Morgan fingerprint density at radius 3 is 2.16 bits per heavy atom. The van der Waals surface area contributed by atoms with Crippen molar-refractivity contribution in [2.75, 3.05) is 14.1 Å². The highest BCUT2D eigenvalue weighted by Gasteiger charge is 2.41. The van der Waals surface area contributed by atoms with Gasteiger partial charge in [0, 0.05) is 0 Å². The molecule has 0 aliphatic heterocycles. The van der Waals surface area contributed by atoms with Crippen molar-refractivity contribution in [2.45, 2.75) is 38.9 Å². The quantitative estimate of drug-likeness (QED) is 0.642. The molecule has 0 spiro atoms. The fraction of sp³-hybridized carbons (Fsp3) is 0.348. The van der Waals surface area contributed by atoms with E-state index in [2.05, 4.69) is 0 Å². The van der Waals surface area contributed by atoms with Crippen LogP contribution in [-0.4, -0.2) is 19.2 Å². The predicted molar refractivity (Wildman–Crippen MR) is 111 cm³/mol. The zero-order chi connectivity index (χ0) is 23.1. The second-order valence-corrected chi connectivity index (χ2v) is 8.79. The molecule has 0 aliphatic carbocycles. The first-order chi connectivity index (χ1) is 14.3. The summed E-state index contributed by atoms with van der Waals surface area (Å²) < 4.78 is 52.0. The number of hydrogen-bond donors (Lipinski definition) is 2. The number of quaternary nitrogens is 1. The first-order valence-corrected chi connectivity index (χ1v) is 9.75. The van der Waals surface area contributed by atoms with Crippen molar-refractivity contribution in [3.8, 4) is 17.2 Å². The zero-order valence-corrected chi connectivity index (χ0v) is 18.0. The first kappa shape index (κ1) is 22.7. The summed E-state index contributed by atoms with van der Waals surface area (Å²) in [5.74, 6) is -2.62. The summed E-state index contributed by atoms with van der Waals surface area (Å²) in [6.07, 6.45) is -4.97. The van der Waals surface area contributed by atoms with Crippen LogP contribution in [0, 0.1) is 0 Å². The van der Waals surface area contributed by atoms with Crippen molar-refractivity contribution in [3.63, 3.8) is 0 Å². The van der Waals surface area contributed by atoms with Gasteiger partial charge in [-0.25, -0.2) is 0 Å². The molecule has 0 atom stereocenters. The van der Waals surface area contributed by atoms with Crippen LogP contribution < -0.4 is 15.1 Å². The van der Waals surface area contributed by atoms with E-state index in [1.807, 2.05) is 20.8 Å². The Kier molecular flexibility index (Phi) is 5.80. The van der Waals surface area contributed by atoms with E-state index in [0.717, 1.165) is 10.5 Å². The predicted octanol–water partition coefficient (Wildman–Crippen LogP) is 4.25. The number of benzene rings is 2. The molecule has 31 heavy (non-hydrogen) atoms. The Morgan fingerprint density at radius 2 is 1.65 bits per heavy atom. The largest absolute Gasteiger partial charge is 0.507 e. The van der Waals surface area contributed by atoms with E-state index >= 15 is 0 Å². The zero-order valence-electron chi connectivity index (χ0n) is 18.0. The van der Waals surface area contributed by atoms with Crippen molar-refractivity contribution < 1.29 is 32.3 Å². The summed E-state index contributed by atoms with van der Waals surface area (Å²) in [6.45, 7) is 6.18. The molecule has 2 N–H and O–H groups in total. The van der Waals surface area contributed by atoms with Gasteiger partial charge in [-0.3, -0.25) is 4.79 Å². The third-order valence-electron chi connectivity index (χ3n) is 4.83. The van der Waals surface area contributed by atoms with E-state index in [9.17, 15) is 23.1 Å². The van der Waals surface area contributed by atoms with Gasteiger partial charge in [-0.2, -0.15) is 13.2 Å². The van der Waals surface area contributed by atoms with Crippen molar-refractivity contribution in [1.82, 2.24) is 0 Å². The molecule has 1 heterocycles. The number of ether oxygens (including phenoxy) is 1. The first-order valence-electron chi connectivity index (χ1n) is 9.75. The maximum atomic E-state index is 13.8. The van der Waals surface area contributed by atoms with Crippen LogP contribution in [0.5, 0.6) is 17.2 Å². The molecule has 1 aromatic heterocycles. The number of phenols is 1. The minimum atomic E-state index is -4.97. The van der Waals surface area contributed by atoms with E-state index in [-0.39, 0.29) is 40.0 Å². The summed E-state index contributed by atoms with van der Waals surface area (Å²) in [7, 11) is 3.53. The third-order valence-corrected chi connectivity index (χ3v) is 4.83. The number of hydrogen-bond acceptors (Lipinski definition) is 4. The van der Waals surface area contributed by atoms with Crippen LogP contribution in [0.3, 0.4) is 0 Å². The van der Waals surface area contributed by atoms with Gasteiger partial charge >= 0.3 is 6.18 Å². The van der Waals surface area contributed by atoms with Crippen LogP contribution in [0.25, 0.3) is 11.0 Å². The Hall–Kier alpha value is -3.00. The van der Waals surface area contributed by atoms with Gasteiger partial charge < -0.3 is 19.2 Å². The number of rotatable bonds is 4. The Labute approximate surface area is 177 Å². The van der Waals surface area contributed by atoms with E-state index in [0.29, 0.717) is 0 Å². The summed E-state index contributed by atoms with van der Waals surface area (Å²) in [5, 5.41) is 10.1. The molecule has 2 aromatic carbocycles. The monoisotopic (exact) mass is 436 g/mol. The molecule has 0 aliphatic rings. The van der Waals surface area contributed by atoms with E-state index < -0.39 is 23.1 Å². The molecule has 166 valence electrons. The average molecular weight is 436 g/mol. The Bertz CT molecular complexity index is 1160. The van der Waals surface area contributed by atoms with E-state index in [4.69, 9.17) is 9.15 Å². The topological polar surface area (TPSA) is 64.1 Å². The normalized spacial score (nSPS) is 12.5. The summed E-state index contributed by atoms with van der Waals surface area (Å²) in [6, 6.07) is 9.01. The molecule has 0 radical (unpaired) electrons. The highest BCUT2D eigenvalue weighted by molar-refractivity contribution is 5.83. The summed E-state index contributed by atoms with van der Waals surface area (Å²) >= 11 is 0. The van der Waals surface area contributed by atoms with Crippen molar-refractivity contribution in [3.05, 3.63) is 63.5 Å². The van der Waals surface area contributed by atoms with Crippen molar-refractivity contribution in [2.24, 2.45) is 0 Å². The lowest BCUT2D eigenvalue weighted by molar-refractivity contribution is -0.872. The molecule has 0 unspecified atom stereocenters. The standard InChI is InChI=1S/C23H24F3NO4/c1-22(2,3)13-6-8-14(9-7-13)30-20-18(29)15-10-11-17(28)16(12-27(4)5)19(15)31-21(20)23(24,25)26/h6-11,28H,12H2,1-5H3/p+1. The molecule has 0 fully saturated rings. The van der Waals surface area contributed by atoms with Crippen LogP contribution >= 0.6 is 0 Å². The Morgan fingerprint density at radius 1 is 1.03 bits per heavy atom. The van der Waals surface area contributed by atoms with Crippen LogP contribution in [-0.2, 0) is 18.1 Å². The molecule has 0 bridgehead atoms. The van der Waals surface area contributed by atoms with Crippen molar-refractivity contribution >= 4 is 11.0 Å². The highest BCUT2D eigenvalue weighted by Crippen LogP contribution is 2.40. The number of nitrogens with one attached hydrogen (secondary N) is 1. The molecule has 8 heteroatoms. The molecular formula is C23H25F3NO4+. The minimum absolute atomic E-state index is 0.0851. The minimum Gasteiger partial charge on any atom is -0.507 e. The third kappa shape index (κ3) is 4.69. The summed E-state index contributed by atoms with van der Waals surface area (Å²) in [4.78, 5) is 13.8. The van der Waals surface area contributed by atoms with Gasteiger partial charge in [-0.1, -0.05) is 32.9 Å². The van der Waals surface area contributed by atoms with E-state index in [1.165, 1.54) is 24.3 Å². The van der Waals surface area contributed by atoms with Gasteiger partial charge in [0.1, 0.15) is 18.0 Å². The van der Waals surface area contributed by atoms with Crippen LogP contribution in [0.4, 0.5) is 13.2 Å². The number of phenolic OH excluding ortho intramolecular Hbond substituents is 1. The SMILES string of the molecule is C[NH+](C)Cc1c(O)ccc2c(=O)c(Oc3ccc(C(C)(C)C)cc3)c(C(F)(F)F)oc12. The second kappa shape index (κ2) is 7.92. The number of aromatic hydroxyl groups is 1. The van der Waals surface area contributed by atoms with E-state index in [1.54, 1.807) is 26.2 Å². The lowest BCUT2D eigenvalue weighted by Gasteiger charge is -2.19.